The molecule has 1 fully saturated rings. The third kappa shape index (κ3) is 3.59. The Kier molecular flexibility index (Phi) is 5.44. The van der Waals surface area contributed by atoms with Crippen LogP contribution < -0.4 is 5.32 Å². The predicted molar refractivity (Wildman–Crippen MR) is 80.1 cm³/mol. The molecule has 0 amide bonds. The largest absolute Gasteiger partial charge is 0.310 e. The van der Waals surface area contributed by atoms with Gasteiger partial charge < -0.3 is 5.32 Å². The van der Waals surface area contributed by atoms with Gasteiger partial charge in [-0.05, 0) is 38.1 Å². The van der Waals surface area contributed by atoms with E-state index in [0.29, 0.717) is 6.04 Å². The first-order valence-electron chi connectivity index (χ1n) is 8.04. The normalized spacial score (nSPS) is 25.4. The van der Waals surface area contributed by atoms with E-state index in [4.69, 9.17) is 0 Å². The molecule has 0 spiro atoms. The molecule has 1 aromatic rings. The summed E-state index contributed by atoms with van der Waals surface area (Å²) in [5.74, 6) is 1.72. The molecule has 0 bridgehead atoms. The Hall–Kier alpha value is -0.830. The van der Waals surface area contributed by atoms with Crippen molar-refractivity contribution >= 4 is 0 Å². The summed E-state index contributed by atoms with van der Waals surface area (Å²) >= 11 is 0. The summed E-state index contributed by atoms with van der Waals surface area (Å²) in [4.78, 5) is 0. The minimum absolute atomic E-state index is 0.500. The summed E-state index contributed by atoms with van der Waals surface area (Å²) in [5.41, 5.74) is 1.38. The zero-order chi connectivity index (χ0) is 13.7. The van der Waals surface area contributed by atoms with Crippen LogP contribution in [0, 0.1) is 11.8 Å². The Labute approximate surface area is 117 Å². The van der Waals surface area contributed by atoms with Crippen molar-refractivity contribution in [2.24, 2.45) is 11.8 Å². The number of nitrogens with one attached hydrogen (secondary N) is 1. The van der Waals surface area contributed by atoms with Crippen molar-refractivity contribution in [2.75, 3.05) is 6.54 Å². The fourth-order valence-electron chi connectivity index (χ4n) is 3.50. The molecule has 1 aliphatic carbocycles. The van der Waals surface area contributed by atoms with Gasteiger partial charge in [-0.1, -0.05) is 33.1 Å². The van der Waals surface area contributed by atoms with Crippen LogP contribution >= 0.6 is 0 Å². The summed E-state index contributed by atoms with van der Waals surface area (Å²) in [6.45, 7) is 8.69. The minimum Gasteiger partial charge on any atom is -0.310 e. The second-order valence-corrected chi connectivity index (χ2v) is 5.87. The molecule has 0 aliphatic heterocycles. The van der Waals surface area contributed by atoms with Crippen LogP contribution in [0.5, 0.6) is 0 Å². The monoisotopic (exact) mass is 263 g/mol. The lowest BCUT2D eigenvalue weighted by Gasteiger charge is -2.34. The van der Waals surface area contributed by atoms with E-state index in [0.717, 1.165) is 24.9 Å². The summed E-state index contributed by atoms with van der Waals surface area (Å²) < 4.78 is 2.04. The standard InChI is InChI=1S/C16H29N3/c1-4-13-8-7-9-14(10-13)16(17-5-2)15-11-18-19(6-3)12-15/h11-14,16-17H,4-10H2,1-3H3. The van der Waals surface area contributed by atoms with Gasteiger partial charge in [-0.3, -0.25) is 4.68 Å². The van der Waals surface area contributed by atoms with Gasteiger partial charge in [0.15, 0.2) is 0 Å². The first kappa shape index (κ1) is 14.6. The summed E-state index contributed by atoms with van der Waals surface area (Å²) in [6.07, 6.45) is 11.2. The van der Waals surface area contributed by atoms with Gasteiger partial charge >= 0.3 is 0 Å². The zero-order valence-corrected chi connectivity index (χ0v) is 12.7. The number of hydrogen-bond acceptors (Lipinski definition) is 2. The quantitative estimate of drug-likeness (QED) is 0.846. The Morgan fingerprint density at radius 1 is 1.37 bits per heavy atom. The molecule has 0 aromatic carbocycles. The molecule has 1 N–H and O–H groups in total. The van der Waals surface area contributed by atoms with Crippen LogP contribution in [0.4, 0.5) is 0 Å². The first-order valence-corrected chi connectivity index (χ1v) is 8.04. The molecular formula is C16H29N3. The number of rotatable bonds is 6. The van der Waals surface area contributed by atoms with Gasteiger partial charge in [-0.15, -0.1) is 0 Å². The average Bonchev–Trinajstić information content (AvgIpc) is 2.93. The van der Waals surface area contributed by atoms with E-state index in [1.54, 1.807) is 0 Å². The Morgan fingerprint density at radius 2 is 2.21 bits per heavy atom. The molecule has 1 saturated carbocycles. The van der Waals surface area contributed by atoms with Gasteiger partial charge in [-0.2, -0.15) is 5.10 Å². The molecule has 0 radical (unpaired) electrons. The van der Waals surface area contributed by atoms with Crippen molar-refractivity contribution in [2.45, 2.75) is 65.5 Å². The van der Waals surface area contributed by atoms with E-state index >= 15 is 0 Å². The van der Waals surface area contributed by atoms with Crippen molar-refractivity contribution in [3.8, 4) is 0 Å². The molecule has 108 valence electrons. The highest BCUT2D eigenvalue weighted by molar-refractivity contribution is 5.12. The first-order chi connectivity index (χ1) is 9.28. The molecule has 3 atom stereocenters. The van der Waals surface area contributed by atoms with Gasteiger partial charge in [0.25, 0.3) is 0 Å². The number of aryl methyl sites for hydroxylation is 1. The van der Waals surface area contributed by atoms with Crippen molar-refractivity contribution < 1.29 is 0 Å². The average molecular weight is 263 g/mol. The van der Waals surface area contributed by atoms with Crippen LogP contribution in [-0.2, 0) is 6.54 Å². The summed E-state index contributed by atoms with van der Waals surface area (Å²) in [7, 11) is 0. The van der Waals surface area contributed by atoms with Crippen LogP contribution in [0.1, 0.15) is 64.5 Å². The molecule has 0 saturated heterocycles. The highest BCUT2D eigenvalue weighted by Gasteiger charge is 2.28. The Balaban J connectivity index is 2.10. The molecule has 1 heterocycles. The van der Waals surface area contributed by atoms with E-state index in [1.807, 2.05) is 4.68 Å². The van der Waals surface area contributed by atoms with Crippen LogP contribution in [0.2, 0.25) is 0 Å². The maximum absolute atomic E-state index is 4.45. The van der Waals surface area contributed by atoms with E-state index in [9.17, 15) is 0 Å². The van der Waals surface area contributed by atoms with Gasteiger partial charge in [-0.25, -0.2) is 0 Å². The second-order valence-electron chi connectivity index (χ2n) is 5.87. The lowest BCUT2D eigenvalue weighted by atomic mass is 9.75. The third-order valence-electron chi connectivity index (χ3n) is 4.63. The van der Waals surface area contributed by atoms with Gasteiger partial charge in [0, 0.05) is 24.3 Å². The molecule has 3 heteroatoms. The second kappa shape index (κ2) is 7.09. The van der Waals surface area contributed by atoms with Crippen LogP contribution in [0.3, 0.4) is 0 Å². The van der Waals surface area contributed by atoms with Crippen molar-refractivity contribution in [1.29, 1.82) is 0 Å². The molecule has 3 nitrogen and oxygen atoms in total. The Bertz CT molecular complexity index is 372. The molecule has 2 rings (SSSR count). The summed E-state index contributed by atoms with van der Waals surface area (Å²) in [5, 5.41) is 8.15. The maximum Gasteiger partial charge on any atom is 0.0537 e. The third-order valence-corrected chi connectivity index (χ3v) is 4.63. The smallest absolute Gasteiger partial charge is 0.0537 e. The fourth-order valence-corrected chi connectivity index (χ4v) is 3.50. The van der Waals surface area contributed by atoms with Crippen molar-refractivity contribution in [3.63, 3.8) is 0 Å². The number of aromatic nitrogens is 2. The lowest BCUT2D eigenvalue weighted by Crippen LogP contribution is -2.31. The fraction of sp³-hybridized carbons (Fsp3) is 0.812. The topological polar surface area (TPSA) is 29.9 Å². The van der Waals surface area contributed by atoms with Gasteiger partial charge in [0.05, 0.1) is 6.20 Å². The number of nitrogens with zero attached hydrogens (tertiary/aromatic N) is 2. The lowest BCUT2D eigenvalue weighted by molar-refractivity contribution is 0.210. The molecular weight excluding hydrogens is 234 g/mol. The van der Waals surface area contributed by atoms with Crippen LogP contribution in [0.15, 0.2) is 12.4 Å². The van der Waals surface area contributed by atoms with Gasteiger partial charge in [0.1, 0.15) is 0 Å². The van der Waals surface area contributed by atoms with Crippen molar-refractivity contribution in [1.82, 2.24) is 15.1 Å². The zero-order valence-electron chi connectivity index (χ0n) is 12.7. The maximum atomic E-state index is 4.45. The van der Waals surface area contributed by atoms with E-state index in [2.05, 4.69) is 43.6 Å². The molecule has 3 unspecified atom stereocenters. The number of hydrogen-bond donors (Lipinski definition) is 1. The molecule has 19 heavy (non-hydrogen) atoms. The highest BCUT2D eigenvalue weighted by atomic mass is 15.3. The van der Waals surface area contributed by atoms with E-state index < -0.39 is 0 Å². The van der Waals surface area contributed by atoms with Crippen molar-refractivity contribution in [3.05, 3.63) is 18.0 Å². The minimum atomic E-state index is 0.500. The molecule has 1 aromatic heterocycles. The van der Waals surface area contributed by atoms with Crippen LogP contribution in [-0.4, -0.2) is 16.3 Å². The predicted octanol–water partition coefficient (Wildman–Crippen LogP) is 3.77. The SMILES string of the molecule is CCNC(c1cnn(CC)c1)C1CCCC(CC)C1. The summed E-state index contributed by atoms with van der Waals surface area (Å²) in [6, 6.07) is 0.500. The van der Waals surface area contributed by atoms with Gasteiger partial charge in [0.2, 0.25) is 0 Å². The molecule has 1 aliphatic rings. The Morgan fingerprint density at radius 3 is 2.84 bits per heavy atom. The highest BCUT2D eigenvalue weighted by Crippen LogP contribution is 2.38. The van der Waals surface area contributed by atoms with Crippen LogP contribution in [0.25, 0.3) is 0 Å². The van der Waals surface area contributed by atoms with E-state index in [-0.39, 0.29) is 0 Å². The van der Waals surface area contributed by atoms with E-state index in [1.165, 1.54) is 37.7 Å².